The number of nitrogens with one attached hydrogen (secondary N) is 2. The molecule has 4 heterocycles. The van der Waals surface area contributed by atoms with Gasteiger partial charge in [0, 0.05) is 36.1 Å². The van der Waals surface area contributed by atoms with Crippen molar-refractivity contribution in [2.45, 2.75) is 32.4 Å². The maximum Gasteiger partial charge on any atom is 0.163 e. The second-order valence-corrected chi connectivity index (χ2v) is 7.15. The number of thiophene rings is 1. The molecule has 0 spiro atoms. The van der Waals surface area contributed by atoms with E-state index in [1.165, 1.54) is 11.1 Å². The summed E-state index contributed by atoms with van der Waals surface area (Å²) in [6, 6.07) is 6.42. The molecule has 1 unspecified atom stereocenters. The van der Waals surface area contributed by atoms with Crippen molar-refractivity contribution in [2.75, 3.05) is 11.9 Å². The van der Waals surface area contributed by atoms with Crippen LogP contribution in [0.2, 0.25) is 0 Å². The molecule has 0 amide bonds. The van der Waals surface area contributed by atoms with Crippen molar-refractivity contribution in [3.8, 4) is 11.4 Å². The van der Waals surface area contributed by atoms with Crippen LogP contribution in [0.15, 0.2) is 41.4 Å². The van der Waals surface area contributed by atoms with Crippen LogP contribution in [-0.2, 0) is 19.4 Å². The number of pyridine rings is 1. The third-order valence-electron chi connectivity index (χ3n) is 4.36. The standard InChI is InChI=1S/C19H21N5S/c1-13(9-14-5-8-25-12-14)22-19-16-4-7-21-11-17(16)23-18(24-19)15-3-2-6-20-10-15/h2-3,5-6,8,10,12-13,21H,4,7,9,11H2,1H3,(H,22,23,24). The largest absolute Gasteiger partial charge is 0.367 e. The molecule has 0 aliphatic carbocycles. The first-order valence-electron chi connectivity index (χ1n) is 8.58. The summed E-state index contributed by atoms with van der Waals surface area (Å²) in [5.41, 5.74) is 4.64. The molecule has 6 heteroatoms. The first-order valence-corrected chi connectivity index (χ1v) is 9.52. The number of hydrogen-bond donors (Lipinski definition) is 2. The highest BCUT2D eigenvalue weighted by molar-refractivity contribution is 7.07. The third kappa shape index (κ3) is 3.70. The lowest BCUT2D eigenvalue weighted by atomic mass is 10.1. The molecule has 4 rings (SSSR count). The second-order valence-electron chi connectivity index (χ2n) is 6.37. The fourth-order valence-corrected chi connectivity index (χ4v) is 3.83. The summed E-state index contributed by atoms with van der Waals surface area (Å²) in [7, 11) is 0. The number of hydrogen-bond acceptors (Lipinski definition) is 6. The van der Waals surface area contributed by atoms with Crippen LogP contribution in [-0.4, -0.2) is 27.5 Å². The Balaban J connectivity index is 1.65. The van der Waals surface area contributed by atoms with Gasteiger partial charge in [-0.25, -0.2) is 9.97 Å². The van der Waals surface area contributed by atoms with Crippen molar-refractivity contribution >= 4 is 17.2 Å². The number of aromatic nitrogens is 3. The van der Waals surface area contributed by atoms with Crippen molar-refractivity contribution in [1.82, 2.24) is 20.3 Å². The maximum absolute atomic E-state index is 4.84. The molecule has 0 bridgehead atoms. The fourth-order valence-electron chi connectivity index (χ4n) is 3.15. The molecule has 3 aromatic rings. The molecular formula is C19H21N5S. The van der Waals surface area contributed by atoms with Gasteiger partial charge < -0.3 is 10.6 Å². The van der Waals surface area contributed by atoms with Gasteiger partial charge in [0.25, 0.3) is 0 Å². The Labute approximate surface area is 151 Å². The molecule has 1 aliphatic heterocycles. The summed E-state index contributed by atoms with van der Waals surface area (Å²) in [5, 5.41) is 11.4. The molecule has 0 fully saturated rings. The van der Waals surface area contributed by atoms with Crippen molar-refractivity contribution < 1.29 is 0 Å². The molecule has 25 heavy (non-hydrogen) atoms. The Bertz CT molecular complexity index is 833. The van der Waals surface area contributed by atoms with Gasteiger partial charge in [0.15, 0.2) is 5.82 Å². The fraction of sp³-hybridized carbons (Fsp3) is 0.316. The predicted molar refractivity (Wildman–Crippen MR) is 102 cm³/mol. The number of anilines is 1. The number of fused-ring (bicyclic) bond motifs is 1. The average Bonchev–Trinajstić information content (AvgIpc) is 3.15. The van der Waals surface area contributed by atoms with Crippen LogP contribution in [0.5, 0.6) is 0 Å². The predicted octanol–water partition coefficient (Wildman–Crippen LogP) is 3.29. The van der Waals surface area contributed by atoms with E-state index in [0.717, 1.165) is 48.8 Å². The normalized spacial score (nSPS) is 14.8. The third-order valence-corrected chi connectivity index (χ3v) is 5.09. The molecular weight excluding hydrogens is 330 g/mol. The minimum Gasteiger partial charge on any atom is -0.367 e. The van der Waals surface area contributed by atoms with Gasteiger partial charge in [-0.15, -0.1) is 0 Å². The zero-order valence-corrected chi connectivity index (χ0v) is 15.0. The SMILES string of the molecule is CC(Cc1ccsc1)Nc1nc(-c2cccnc2)nc2c1CCNC2. The summed E-state index contributed by atoms with van der Waals surface area (Å²) in [5.74, 6) is 1.70. The molecule has 0 radical (unpaired) electrons. The van der Waals surface area contributed by atoms with Gasteiger partial charge in [-0.3, -0.25) is 4.98 Å². The lowest BCUT2D eigenvalue weighted by Gasteiger charge is -2.23. The van der Waals surface area contributed by atoms with Crippen LogP contribution in [0.1, 0.15) is 23.7 Å². The van der Waals surface area contributed by atoms with Gasteiger partial charge in [-0.05, 0) is 60.8 Å². The quantitative estimate of drug-likeness (QED) is 0.738. The molecule has 128 valence electrons. The van der Waals surface area contributed by atoms with Gasteiger partial charge in [-0.1, -0.05) is 0 Å². The van der Waals surface area contributed by atoms with E-state index in [2.05, 4.69) is 39.4 Å². The molecule has 0 saturated heterocycles. The first kappa shape index (κ1) is 16.2. The van der Waals surface area contributed by atoms with Crippen LogP contribution in [0.3, 0.4) is 0 Å². The summed E-state index contributed by atoms with van der Waals surface area (Å²) in [4.78, 5) is 13.8. The smallest absolute Gasteiger partial charge is 0.163 e. The van der Waals surface area contributed by atoms with E-state index in [4.69, 9.17) is 9.97 Å². The number of rotatable bonds is 5. The molecule has 2 N–H and O–H groups in total. The summed E-state index contributed by atoms with van der Waals surface area (Å²) >= 11 is 1.74. The Morgan fingerprint density at radius 2 is 2.28 bits per heavy atom. The zero-order chi connectivity index (χ0) is 17.1. The molecule has 1 atom stereocenters. The Morgan fingerprint density at radius 1 is 1.32 bits per heavy atom. The summed E-state index contributed by atoms with van der Waals surface area (Å²) < 4.78 is 0. The Hall–Kier alpha value is -2.31. The topological polar surface area (TPSA) is 62.7 Å². The van der Waals surface area contributed by atoms with Crippen LogP contribution in [0.4, 0.5) is 5.82 Å². The van der Waals surface area contributed by atoms with Crippen molar-refractivity contribution in [3.05, 3.63) is 58.2 Å². The molecule has 0 saturated carbocycles. The van der Waals surface area contributed by atoms with E-state index in [-0.39, 0.29) is 0 Å². The average molecular weight is 351 g/mol. The highest BCUT2D eigenvalue weighted by Gasteiger charge is 2.19. The van der Waals surface area contributed by atoms with Gasteiger partial charge >= 0.3 is 0 Å². The van der Waals surface area contributed by atoms with E-state index in [9.17, 15) is 0 Å². The maximum atomic E-state index is 4.84. The van der Waals surface area contributed by atoms with E-state index < -0.39 is 0 Å². The van der Waals surface area contributed by atoms with E-state index in [0.29, 0.717) is 6.04 Å². The van der Waals surface area contributed by atoms with Gasteiger partial charge in [0.2, 0.25) is 0 Å². The van der Waals surface area contributed by atoms with Crippen molar-refractivity contribution in [3.63, 3.8) is 0 Å². The minimum absolute atomic E-state index is 0.310. The first-order chi connectivity index (χ1) is 12.3. The van der Waals surface area contributed by atoms with E-state index in [1.54, 1.807) is 17.5 Å². The second kappa shape index (κ2) is 7.29. The lowest BCUT2D eigenvalue weighted by molar-refractivity contribution is 0.623. The van der Waals surface area contributed by atoms with Crippen molar-refractivity contribution in [2.24, 2.45) is 0 Å². The molecule has 0 aromatic carbocycles. The van der Waals surface area contributed by atoms with Gasteiger partial charge in [0.1, 0.15) is 5.82 Å². The highest BCUT2D eigenvalue weighted by Crippen LogP contribution is 2.25. The van der Waals surface area contributed by atoms with E-state index in [1.807, 2.05) is 18.3 Å². The van der Waals surface area contributed by atoms with E-state index >= 15 is 0 Å². The highest BCUT2D eigenvalue weighted by atomic mass is 32.1. The lowest BCUT2D eigenvalue weighted by Crippen LogP contribution is -2.28. The Morgan fingerprint density at radius 3 is 3.08 bits per heavy atom. The van der Waals surface area contributed by atoms with Crippen molar-refractivity contribution in [1.29, 1.82) is 0 Å². The summed E-state index contributed by atoms with van der Waals surface area (Å²) in [6.45, 7) is 3.96. The molecule has 5 nitrogen and oxygen atoms in total. The molecule has 1 aliphatic rings. The minimum atomic E-state index is 0.310. The monoisotopic (exact) mass is 351 g/mol. The molecule has 3 aromatic heterocycles. The van der Waals surface area contributed by atoms with Crippen LogP contribution in [0.25, 0.3) is 11.4 Å². The van der Waals surface area contributed by atoms with Crippen LogP contribution >= 0.6 is 11.3 Å². The van der Waals surface area contributed by atoms with Gasteiger partial charge in [0.05, 0.1) is 5.69 Å². The van der Waals surface area contributed by atoms with Gasteiger partial charge in [-0.2, -0.15) is 11.3 Å². The zero-order valence-electron chi connectivity index (χ0n) is 14.2. The number of nitrogens with zero attached hydrogens (tertiary/aromatic N) is 3. The summed E-state index contributed by atoms with van der Waals surface area (Å²) in [6.07, 6.45) is 5.53. The Kier molecular flexibility index (Phi) is 4.72. The van der Waals surface area contributed by atoms with Crippen LogP contribution in [0, 0.1) is 0 Å². The van der Waals surface area contributed by atoms with Crippen LogP contribution < -0.4 is 10.6 Å².